The summed E-state index contributed by atoms with van der Waals surface area (Å²) < 4.78 is 0. The van der Waals surface area contributed by atoms with Crippen LogP contribution in [-0.4, -0.2) is 17.5 Å². The molecule has 52 valence electrons. The average Bonchev–Trinajstić information content (AvgIpc) is 1.82. The molecule has 0 bridgehead atoms. The Morgan fingerprint density at radius 1 is 1.44 bits per heavy atom. The second-order valence-corrected chi connectivity index (χ2v) is 2.26. The number of rotatable bonds is 3. The Kier molecular flexibility index (Phi) is 3.97. The number of allylic oxidation sites excluding steroid dienone is 1. The van der Waals surface area contributed by atoms with Crippen molar-refractivity contribution in [2.24, 2.45) is 5.92 Å². The second kappa shape index (κ2) is 4.27. The molecule has 0 aromatic rings. The number of hydrogen-bond donors (Lipinski definition) is 1. The van der Waals surface area contributed by atoms with Gasteiger partial charge < -0.3 is 5.11 Å². The van der Waals surface area contributed by atoms with Gasteiger partial charge in [0.1, 0.15) is 6.29 Å². The molecule has 0 rings (SSSR count). The van der Waals surface area contributed by atoms with E-state index in [1.54, 1.807) is 0 Å². The molecule has 0 heterocycles. The fraction of sp³-hybridized carbons (Fsp3) is 0.571. The van der Waals surface area contributed by atoms with Crippen LogP contribution in [0.2, 0.25) is 0 Å². The number of aliphatic hydroxyl groups is 1. The Balaban J connectivity index is 3.61. The molecular weight excluding hydrogens is 116 g/mol. The molecule has 2 heteroatoms. The van der Waals surface area contributed by atoms with E-state index in [0.717, 1.165) is 0 Å². The molecule has 0 fully saturated rings. The zero-order valence-electron chi connectivity index (χ0n) is 5.74. The number of aliphatic hydroxyl groups excluding tert-OH is 1. The van der Waals surface area contributed by atoms with Crippen molar-refractivity contribution in [2.45, 2.75) is 20.0 Å². The lowest BCUT2D eigenvalue weighted by molar-refractivity contribution is -0.104. The van der Waals surface area contributed by atoms with Gasteiger partial charge in [0.2, 0.25) is 0 Å². The predicted octanol–water partition coefficient (Wildman–Crippen LogP) is 0.758. The first-order chi connectivity index (χ1) is 4.18. The minimum absolute atomic E-state index is 0.182. The highest BCUT2D eigenvalue weighted by Gasteiger charge is 2.02. The zero-order chi connectivity index (χ0) is 7.28. The van der Waals surface area contributed by atoms with E-state index in [1.165, 1.54) is 12.2 Å². The molecule has 0 saturated carbocycles. The lowest BCUT2D eigenvalue weighted by Gasteiger charge is -2.06. The number of carbonyl (C=O) groups is 1. The van der Waals surface area contributed by atoms with Crippen molar-refractivity contribution in [1.29, 1.82) is 0 Å². The van der Waals surface area contributed by atoms with Crippen LogP contribution < -0.4 is 0 Å². The molecule has 0 aromatic heterocycles. The quantitative estimate of drug-likeness (QED) is 0.450. The van der Waals surface area contributed by atoms with Crippen LogP contribution in [0.3, 0.4) is 0 Å². The summed E-state index contributed by atoms with van der Waals surface area (Å²) in [4.78, 5) is 9.73. The van der Waals surface area contributed by atoms with Crippen LogP contribution in [0.25, 0.3) is 0 Å². The molecular formula is C7H12O2. The summed E-state index contributed by atoms with van der Waals surface area (Å²) in [7, 11) is 0. The predicted molar refractivity (Wildman–Crippen MR) is 36.0 cm³/mol. The van der Waals surface area contributed by atoms with E-state index in [1.807, 2.05) is 13.8 Å². The third kappa shape index (κ3) is 3.91. The fourth-order valence-electron chi connectivity index (χ4n) is 0.381. The Labute approximate surface area is 55.2 Å². The minimum atomic E-state index is -0.491. The molecule has 0 amide bonds. The van der Waals surface area contributed by atoms with Crippen LogP contribution in [-0.2, 0) is 4.79 Å². The second-order valence-electron chi connectivity index (χ2n) is 2.26. The van der Waals surface area contributed by atoms with Crippen molar-refractivity contribution < 1.29 is 9.90 Å². The van der Waals surface area contributed by atoms with Gasteiger partial charge in [-0.25, -0.2) is 0 Å². The molecule has 2 nitrogen and oxygen atoms in total. The van der Waals surface area contributed by atoms with Gasteiger partial charge in [0, 0.05) is 0 Å². The summed E-state index contributed by atoms with van der Waals surface area (Å²) in [6.07, 6.45) is 2.96. The van der Waals surface area contributed by atoms with Crippen molar-refractivity contribution in [1.82, 2.24) is 0 Å². The van der Waals surface area contributed by atoms with E-state index in [0.29, 0.717) is 6.29 Å². The number of carbonyl (C=O) groups excluding carboxylic acids is 1. The van der Waals surface area contributed by atoms with Crippen LogP contribution in [0.15, 0.2) is 12.2 Å². The highest BCUT2D eigenvalue weighted by Crippen LogP contribution is 2.00. The fourth-order valence-corrected chi connectivity index (χ4v) is 0.381. The maximum absolute atomic E-state index is 9.73. The lowest BCUT2D eigenvalue weighted by atomic mass is 10.1. The summed E-state index contributed by atoms with van der Waals surface area (Å²) in [6, 6.07) is 0. The average molecular weight is 128 g/mol. The zero-order valence-corrected chi connectivity index (χ0v) is 5.74. The maximum atomic E-state index is 9.73. The smallest absolute Gasteiger partial charge is 0.142 e. The molecule has 1 unspecified atom stereocenters. The van der Waals surface area contributed by atoms with Gasteiger partial charge in [-0.3, -0.25) is 4.79 Å². The van der Waals surface area contributed by atoms with E-state index in [9.17, 15) is 4.79 Å². The van der Waals surface area contributed by atoms with Crippen LogP contribution in [0.1, 0.15) is 13.8 Å². The Morgan fingerprint density at radius 2 is 2.00 bits per heavy atom. The van der Waals surface area contributed by atoms with Crippen LogP contribution in [0, 0.1) is 5.92 Å². The molecule has 0 aromatic carbocycles. The molecule has 0 saturated heterocycles. The summed E-state index contributed by atoms with van der Waals surface area (Å²) in [6.45, 7) is 3.78. The number of hydrogen-bond acceptors (Lipinski definition) is 2. The first-order valence-corrected chi connectivity index (χ1v) is 2.98. The third-order valence-corrected chi connectivity index (χ3v) is 1.07. The maximum Gasteiger partial charge on any atom is 0.142 e. The Morgan fingerprint density at radius 3 is 2.33 bits per heavy atom. The SMILES string of the molecule is CC(C)C(O)/C=C/C=O. The molecule has 0 spiro atoms. The lowest BCUT2D eigenvalue weighted by Crippen LogP contribution is -2.10. The van der Waals surface area contributed by atoms with Gasteiger partial charge in [-0.05, 0) is 12.0 Å². The van der Waals surface area contributed by atoms with Crippen molar-refractivity contribution in [3.8, 4) is 0 Å². The molecule has 0 aliphatic rings. The first-order valence-electron chi connectivity index (χ1n) is 2.98. The summed E-state index contributed by atoms with van der Waals surface area (Å²) in [5.74, 6) is 0.182. The monoisotopic (exact) mass is 128 g/mol. The minimum Gasteiger partial charge on any atom is -0.389 e. The highest BCUT2D eigenvalue weighted by molar-refractivity contribution is 5.64. The van der Waals surface area contributed by atoms with Gasteiger partial charge in [0.15, 0.2) is 0 Å². The summed E-state index contributed by atoms with van der Waals surface area (Å²) in [5.41, 5.74) is 0. The Bertz CT molecular complexity index is 105. The van der Waals surface area contributed by atoms with Crippen molar-refractivity contribution in [3.05, 3.63) is 12.2 Å². The van der Waals surface area contributed by atoms with Crippen molar-refractivity contribution in [3.63, 3.8) is 0 Å². The van der Waals surface area contributed by atoms with Gasteiger partial charge >= 0.3 is 0 Å². The van der Waals surface area contributed by atoms with Crippen molar-refractivity contribution in [2.75, 3.05) is 0 Å². The van der Waals surface area contributed by atoms with Gasteiger partial charge in [0.05, 0.1) is 6.10 Å². The van der Waals surface area contributed by atoms with Gasteiger partial charge in [-0.2, -0.15) is 0 Å². The topological polar surface area (TPSA) is 37.3 Å². The van der Waals surface area contributed by atoms with Crippen LogP contribution >= 0.6 is 0 Å². The normalized spacial score (nSPS) is 14.7. The van der Waals surface area contributed by atoms with E-state index < -0.39 is 6.10 Å². The van der Waals surface area contributed by atoms with Gasteiger partial charge in [0.25, 0.3) is 0 Å². The van der Waals surface area contributed by atoms with Gasteiger partial charge in [-0.1, -0.05) is 19.9 Å². The molecule has 9 heavy (non-hydrogen) atoms. The molecule has 0 aliphatic carbocycles. The van der Waals surface area contributed by atoms with E-state index in [4.69, 9.17) is 5.11 Å². The van der Waals surface area contributed by atoms with E-state index >= 15 is 0 Å². The Hall–Kier alpha value is -0.630. The number of aldehydes is 1. The standard InChI is InChI=1S/C7H12O2/c1-6(2)7(9)4-3-5-8/h3-7,9H,1-2H3/b4-3+. The van der Waals surface area contributed by atoms with Gasteiger partial charge in [-0.15, -0.1) is 0 Å². The molecule has 0 radical (unpaired) electrons. The van der Waals surface area contributed by atoms with E-state index in [2.05, 4.69) is 0 Å². The highest BCUT2D eigenvalue weighted by atomic mass is 16.3. The molecule has 1 N–H and O–H groups in total. The van der Waals surface area contributed by atoms with Crippen LogP contribution in [0.5, 0.6) is 0 Å². The largest absolute Gasteiger partial charge is 0.389 e. The van der Waals surface area contributed by atoms with E-state index in [-0.39, 0.29) is 5.92 Å². The molecule has 1 atom stereocenters. The summed E-state index contributed by atoms with van der Waals surface area (Å²) >= 11 is 0. The van der Waals surface area contributed by atoms with Crippen molar-refractivity contribution >= 4 is 6.29 Å². The first kappa shape index (κ1) is 8.37. The summed E-state index contributed by atoms with van der Waals surface area (Å²) in [5, 5.41) is 9.01. The van der Waals surface area contributed by atoms with Crippen LogP contribution in [0.4, 0.5) is 0 Å². The third-order valence-electron chi connectivity index (χ3n) is 1.07. The molecule has 0 aliphatic heterocycles.